The number of aryl methyl sites for hydroxylation is 1. The first kappa shape index (κ1) is 15.8. The second-order valence-corrected chi connectivity index (χ2v) is 5.61. The number of nitrogens with zero attached hydrogens (tertiary/aromatic N) is 3. The van der Waals surface area contributed by atoms with Crippen LogP contribution in [0.25, 0.3) is 0 Å². The van der Waals surface area contributed by atoms with E-state index in [1.54, 1.807) is 6.07 Å². The van der Waals surface area contributed by atoms with Crippen molar-refractivity contribution >= 4 is 17.5 Å². The maximum Gasteiger partial charge on any atom is 0.224 e. The van der Waals surface area contributed by atoms with Gasteiger partial charge in [0.2, 0.25) is 5.95 Å². The highest BCUT2D eigenvalue weighted by Gasteiger charge is 2.05. The van der Waals surface area contributed by atoms with Crippen LogP contribution in [0.5, 0.6) is 0 Å². The van der Waals surface area contributed by atoms with Crippen molar-refractivity contribution in [1.29, 1.82) is 5.26 Å². The standard InChI is InChI=1S/C17H21N5/c1-12(2)8-9-19-17-20-13(3)10-16(22-17)21-15-7-5-4-6-14(15)11-18/h4-7,10,12H,8-9H2,1-3H3,(H2,19,20,21,22). The Kier molecular flexibility index (Phi) is 5.31. The summed E-state index contributed by atoms with van der Waals surface area (Å²) in [5, 5.41) is 15.6. The van der Waals surface area contributed by atoms with Crippen molar-refractivity contribution in [3.8, 4) is 6.07 Å². The molecule has 2 rings (SSSR count). The van der Waals surface area contributed by atoms with E-state index < -0.39 is 0 Å². The summed E-state index contributed by atoms with van der Waals surface area (Å²) in [7, 11) is 0. The van der Waals surface area contributed by atoms with Crippen LogP contribution >= 0.6 is 0 Å². The number of para-hydroxylation sites is 1. The molecule has 0 aliphatic heterocycles. The van der Waals surface area contributed by atoms with Gasteiger partial charge in [0, 0.05) is 18.3 Å². The van der Waals surface area contributed by atoms with Gasteiger partial charge in [0.05, 0.1) is 11.3 Å². The number of hydrogen-bond acceptors (Lipinski definition) is 5. The molecule has 1 aromatic heterocycles. The Morgan fingerprint density at radius 3 is 2.73 bits per heavy atom. The lowest BCUT2D eigenvalue weighted by molar-refractivity contribution is 0.606. The minimum absolute atomic E-state index is 0.591. The van der Waals surface area contributed by atoms with Crippen molar-refractivity contribution in [2.45, 2.75) is 27.2 Å². The number of aromatic nitrogens is 2. The molecule has 0 fully saturated rings. The number of rotatable bonds is 6. The predicted molar refractivity (Wildman–Crippen MR) is 89.2 cm³/mol. The fourth-order valence-corrected chi connectivity index (χ4v) is 2.01. The van der Waals surface area contributed by atoms with E-state index in [1.807, 2.05) is 31.2 Å². The van der Waals surface area contributed by atoms with Crippen molar-refractivity contribution < 1.29 is 0 Å². The van der Waals surface area contributed by atoms with Gasteiger partial charge >= 0.3 is 0 Å². The molecule has 114 valence electrons. The Hall–Kier alpha value is -2.61. The highest BCUT2D eigenvalue weighted by Crippen LogP contribution is 2.20. The van der Waals surface area contributed by atoms with Gasteiger partial charge in [-0.05, 0) is 31.4 Å². The van der Waals surface area contributed by atoms with Gasteiger partial charge < -0.3 is 10.6 Å². The summed E-state index contributed by atoms with van der Waals surface area (Å²) in [5.41, 5.74) is 2.21. The van der Waals surface area contributed by atoms with Gasteiger partial charge in [0.25, 0.3) is 0 Å². The predicted octanol–water partition coefficient (Wildman–Crippen LogP) is 3.86. The van der Waals surface area contributed by atoms with Gasteiger partial charge in [-0.15, -0.1) is 0 Å². The first-order valence-corrected chi connectivity index (χ1v) is 7.44. The third kappa shape index (κ3) is 4.45. The Morgan fingerprint density at radius 1 is 1.23 bits per heavy atom. The molecule has 0 aliphatic carbocycles. The molecule has 0 saturated carbocycles. The Balaban J connectivity index is 2.14. The number of nitriles is 1. The van der Waals surface area contributed by atoms with Crippen LogP contribution in [0.3, 0.4) is 0 Å². The molecule has 1 aromatic carbocycles. The average molecular weight is 295 g/mol. The van der Waals surface area contributed by atoms with Gasteiger partial charge in [0.1, 0.15) is 11.9 Å². The molecule has 0 unspecified atom stereocenters. The van der Waals surface area contributed by atoms with Crippen molar-refractivity contribution in [2.24, 2.45) is 5.92 Å². The van der Waals surface area contributed by atoms with Crippen molar-refractivity contribution in [3.05, 3.63) is 41.6 Å². The van der Waals surface area contributed by atoms with Crippen LogP contribution in [0.4, 0.5) is 17.5 Å². The lowest BCUT2D eigenvalue weighted by atomic mass is 10.1. The second-order valence-electron chi connectivity index (χ2n) is 5.61. The molecule has 0 amide bonds. The third-order valence-electron chi connectivity index (χ3n) is 3.17. The zero-order chi connectivity index (χ0) is 15.9. The molecule has 0 bridgehead atoms. The van der Waals surface area contributed by atoms with E-state index in [1.165, 1.54) is 0 Å². The normalized spacial score (nSPS) is 10.3. The molecule has 1 heterocycles. The summed E-state index contributed by atoms with van der Waals surface area (Å²) in [4.78, 5) is 8.85. The molecule has 0 saturated heterocycles. The van der Waals surface area contributed by atoms with Gasteiger partial charge in [-0.25, -0.2) is 4.98 Å². The van der Waals surface area contributed by atoms with E-state index in [0.29, 0.717) is 23.2 Å². The quantitative estimate of drug-likeness (QED) is 0.846. The van der Waals surface area contributed by atoms with Crippen molar-refractivity contribution in [2.75, 3.05) is 17.2 Å². The Morgan fingerprint density at radius 2 is 2.00 bits per heavy atom. The van der Waals surface area contributed by atoms with Gasteiger partial charge in [0.15, 0.2) is 0 Å². The average Bonchev–Trinajstić information content (AvgIpc) is 2.47. The van der Waals surface area contributed by atoms with Crippen molar-refractivity contribution in [3.63, 3.8) is 0 Å². The molecule has 0 aliphatic rings. The van der Waals surface area contributed by atoms with E-state index in [-0.39, 0.29) is 0 Å². The zero-order valence-corrected chi connectivity index (χ0v) is 13.2. The van der Waals surface area contributed by atoms with Crippen molar-refractivity contribution in [1.82, 2.24) is 9.97 Å². The minimum atomic E-state index is 0.591. The molecule has 2 N–H and O–H groups in total. The fraction of sp³-hybridized carbons (Fsp3) is 0.353. The summed E-state index contributed by atoms with van der Waals surface area (Å²) in [6.07, 6.45) is 1.07. The van der Waals surface area contributed by atoms with Gasteiger partial charge in [-0.1, -0.05) is 26.0 Å². The molecule has 0 radical (unpaired) electrons. The van der Waals surface area contributed by atoms with Crippen LogP contribution in [0.15, 0.2) is 30.3 Å². The van der Waals surface area contributed by atoms with Crippen LogP contribution in [0.2, 0.25) is 0 Å². The second kappa shape index (κ2) is 7.41. The lowest BCUT2D eigenvalue weighted by Gasteiger charge is -2.11. The zero-order valence-electron chi connectivity index (χ0n) is 13.2. The molecule has 2 aromatic rings. The maximum atomic E-state index is 9.14. The summed E-state index contributed by atoms with van der Waals surface area (Å²) >= 11 is 0. The molecule has 22 heavy (non-hydrogen) atoms. The molecule has 0 atom stereocenters. The monoisotopic (exact) mass is 295 g/mol. The fourth-order valence-electron chi connectivity index (χ4n) is 2.01. The SMILES string of the molecule is Cc1cc(Nc2ccccc2C#N)nc(NCCC(C)C)n1. The Labute approximate surface area is 131 Å². The summed E-state index contributed by atoms with van der Waals surface area (Å²) in [6, 6.07) is 11.4. The highest BCUT2D eigenvalue weighted by molar-refractivity contribution is 5.64. The number of nitrogens with one attached hydrogen (secondary N) is 2. The van der Waals surface area contributed by atoms with Crippen LogP contribution in [0, 0.1) is 24.2 Å². The number of anilines is 3. The first-order chi connectivity index (χ1) is 10.6. The van der Waals surface area contributed by atoms with Gasteiger partial charge in [-0.2, -0.15) is 10.2 Å². The van der Waals surface area contributed by atoms with E-state index in [9.17, 15) is 0 Å². The molecule has 0 spiro atoms. The van der Waals surface area contributed by atoms with Crippen LogP contribution in [-0.2, 0) is 0 Å². The summed E-state index contributed by atoms with van der Waals surface area (Å²) in [6.45, 7) is 7.14. The summed E-state index contributed by atoms with van der Waals surface area (Å²) in [5.74, 6) is 1.93. The maximum absolute atomic E-state index is 9.14. The highest BCUT2D eigenvalue weighted by atomic mass is 15.1. The number of benzene rings is 1. The molecular weight excluding hydrogens is 274 g/mol. The first-order valence-electron chi connectivity index (χ1n) is 7.44. The van der Waals surface area contributed by atoms with E-state index in [0.717, 1.165) is 24.3 Å². The lowest BCUT2D eigenvalue weighted by Crippen LogP contribution is -2.09. The van der Waals surface area contributed by atoms with Crippen LogP contribution in [-0.4, -0.2) is 16.5 Å². The topological polar surface area (TPSA) is 73.6 Å². The van der Waals surface area contributed by atoms with Gasteiger partial charge in [-0.3, -0.25) is 0 Å². The Bertz CT molecular complexity index is 673. The number of hydrogen-bond donors (Lipinski definition) is 2. The molecule has 5 heteroatoms. The third-order valence-corrected chi connectivity index (χ3v) is 3.17. The minimum Gasteiger partial charge on any atom is -0.354 e. The van der Waals surface area contributed by atoms with E-state index in [4.69, 9.17) is 5.26 Å². The summed E-state index contributed by atoms with van der Waals surface area (Å²) < 4.78 is 0. The van der Waals surface area contributed by atoms with Crippen LogP contribution in [0.1, 0.15) is 31.5 Å². The largest absolute Gasteiger partial charge is 0.354 e. The molecular formula is C17H21N5. The van der Waals surface area contributed by atoms with E-state index >= 15 is 0 Å². The van der Waals surface area contributed by atoms with Crippen LogP contribution < -0.4 is 10.6 Å². The molecule has 5 nitrogen and oxygen atoms in total. The smallest absolute Gasteiger partial charge is 0.224 e. The van der Waals surface area contributed by atoms with E-state index in [2.05, 4.69) is 40.5 Å².